The zero-order valence-electron chi connectivity index (χ0n) is 8.14. The maximum absolute atomic E-state index is 11.2. The summed E-state index contributed by atoms with van der Waals surface area (Å²) in [5.41, 5.74) is 1.32. The summed E-state index contributed by atoms with van der Waals surface area (Å²) in [5, 5.41) is 4.49. The van der Waals surface area contributed by atoms with Crippen molar-refractivity contribution in [1.82, 2.24) is 9.78 Å². The second-order valence-electron chi connectivity index (χ2n) is 3.17. The van der Waals surface area contributed by atoms with Crippen LogP contribution in [0.4, 0.5) is 0 Å². The van der Waals surface area contributed by atoms with Crippen molar-refractivity contribution in [2.75, 3.05) is 0 Å². The predicted molar refractivity (Wildman–Crippen MR) is 59.9 cm³/mol. The smallest absolute Gasteiger partial charge is 0.267 e. The Bertz CT molecular complexity index is 534. The third-order valence-electron chi connectivity index (χ3n) is 2.09. The normalized spacial score (nSPS) is 10.3. The highest BCUT2D eigenvalue weighted by Gasteiger charge is 2.06. The molecule has 2 aromatic rings. The minimum atomic E-state index is -0.209. The lowest BCUT2D eigenvalue weighted by Crippen LogP contribution is -2.18. The van der Waals surface area contributed by atoms with Crippen molar-refractivity contribution in [2.24, 2.45) is 7.05 Å². The van der Waals surface area contributed by atoms with Crippen molar-refractivity contribution < 1.29 is 0 Å². The van der Waals surface area contributed by atoms with E-state index >= 15 is 0 Å². The van der Waals surface area contributed by atoms with E-state index in [0.29, 0.717) is 10.7 Å². The molecule has 0 aliphatic heterocycles. The van der Waals surface area contributed by atoms with E-state index in [2.05, 4.69) is 5.10 Å². The number of benzene rings is 1. The van der Waals surface area contributed by atoms with Gasteiger partial charge in [-0.2, -0.15) is 5.10 Å². The Balaban J connectivity index is 2.64. The van der Waals surface area contributed by atoms with Crippen LogP contribution < -0.4 is 5.56 Å². The van der Waals surface area contributed by atoms with Gasteiger partial charge in [-0.1, -0.05) is 41.9 Å². The second-order valence-corrected chi connectivity index (χ2v) is 3.58. The number of hydrogen-bond acceptors (Lipinski definition) is 2. The largest absolute Gasteiger partial charge is 0.268 e. The fraction of sp³-hybridized carbons (Fsp3) is 0.0909. The summed E-state index contributed by atoms with van der Waals surface area (Å²) in [6.07, 6.45) is 0. The molecule has 0 atom stereocenters. The molecule has 0 amide bonds. The lowest BCUT2D eigenvalue weighted by atomic mass is 10.1. The van der Waals surface area contributed by atoms with Crippen LogP contribution in [0.15, 0.2) is 41.2 Å². The van der Waals surface area contributed by atoms with E-state index in [4.69, 9.17) is 11.6 Å². The first-order valence-corrected chi connectivity index (χ1v) is 4.85. The monoisotopic (exact) mass is 220 g/mol. The first-order chi connectivity index (χ1) is 7.18. The Kier molecular flexibility index (Phi) is 2.56. The van der Waals surface area contributed by atoms with Crippen LogP contribution in [-0.4, -0.2) is 9.78 Å². The lowest BCUT2D eigenvalue weighted by Gasteiger charge is -2.04. The predicted octanol–water partition coefficient (Wildman–Crippen LogP) is 2.10. The molecule has 0 unspecified atom stereocenters. The summed E-state index contributed by atoms with van der Waals surface area (Å²) >= 11 is 5.96. The van der Waals surface area contributed by atoms with Crippen LogP contribution in [0.25, 0.3) is 11.3 Å². The number of halogens is 1. The molecule has 4 heteroatoms. The molecule has 0 aliphatic rings. The van der Waals surface area contributed by atoms with Gasteiger partial charge in [0, 0.05) is 18.7 Å². The van der Waals surface area contributed by atoms with Gasteiger partial charge < -0.3 is 0 Å². The van der Waals surface area contributed by atoms with Gasteiger partial charge in [0.1, 0.15) is 5.69 Å². The number of rotatable bonds is 1. The van der Waals surface area contributed by atoms with E-state index < -0.39 is 0 Å². The first-order valence-electron chi connectivity index (χ1n) is 4.48. The fourth-order valence-corrected chi connectivity index (χ4v) is 1.55. The van der Waals surface area contributed by atoms with E-state index in [0.717, 1.165) is 5.56 Å². The molecule has 15 heavy (non-hydrogen) atoms. The van der Waals surface area contributed by atoms with Crippen LogP contribution in [0.2, 0.25) is 5.02 Å². The molecule has 76 valence electrons. The molecule has 0 saturated carbocycles. The maximum Gasteiger partial charge on any atom is 0.267 e. The van der Waals surface area contributed by atoms with Crippen molar-refractivity contribution in [1.29, 1.82) is 0 Å². The van der Waals surface area contributed by atoms with Crippen molar-refractivity contribution in [3.05, 3.63) is 51.8 Å². The van der Waals surface area contributed by atoms with Crippen LogP contribution >= 0.6 is 11.6 Å². The summed E-state index contributed by atoms with van der Waals surface area (Å²) in [6.45, 7) is 0. The van der Waals surface area contributed by atoms with Crippen molar-refractivity contribution >= 4 is 11.6 Å². The molecular formula is C11H9ClN2O. The van der Waals surface area contributed by atoms with Gasteiger partial charge >= 0.3 is 0 Å². The molecule has 3 nitrogen and oxygen atoms in total. The topological polar surface area (TPSA) is 34.9 Å². The molecule has 0 N–H and O–H groups in total. The SMILES string of the molecule is Cn1nc(-c2ccccc2)c(Cl)cc1=O. The van der Waals surface area contributed by atoms with E-state index in [9.17, 15) is 4.79 Å². The molecule has 0 bridgehead atoms. The van der Waals surface area contributed by atoms with E-state index in [-0.39, 0.29) is 5.56 Å². The van der Waals surface area contributed by atoms with Crippen LogP contribution in [0.5, 0.6) is 0 Å². The summed E-state index contributed by atoms with van der Waals surface area (Å²) in [5.74, 6) is 0. The van der Waals surface area contributed by atoms with E-state index in [1.807, 2.05) is 30.3 Å². The van der Waals surface area contributed by atoms with Crippen LogP contribution in [-0.2, 0) is 7.05 Å². The van der Waals surface area contributed by atoms with Gasteiger partial charge in [-0.15, -0.1) is 0 Å². The Morgan fingerprint density at radius 2 is 1.93 bits per heavy atom. The maximum atomic E-state index is 11.2. The van der Waals surface area contributed by atoms with Crippen LogP contribution in [0.1, 0.15) is 0 Å². The minimum Gasteiger partial charge on any atom is -0.268 e. The lowest BCUT2D eigenvalue weighted by molar-refractivity contribution is 0.712. The molecule has 0 radical (unpaired) electrons. The second kappa shape index (κ2) is 3.87. The van der Waals surface area contributed by atoms with Crippen LogP contribution in [0.3, 0.4) is 0 Å². The van der Waals surface area contributed by atoms with Gasteiger partial charge in [0.25, 0.3) is 5.56 Å². The van der Waals surface area contributed by atoms with Gasteiger partial charge in [-0.25, -0.2) is 4.68 Å². The average molecular weight is 221 g/mol. The molecule has 0 saturated heterocycles. The molecule has 0 spiro atoms. The third kappa shape index (κ3) is 1.92. The van der Waals surface area contributed by atoms with E-state index in [1.54, 1.807) is 7.05 Å². The van der Waals surface area contributed by atoms with Gasteiger partial charge in [0.15, 0.2) is 0 Å². The molecular weight excluding hydrogens is 212 g/mol. The summed E-state index contributed by atoms with van der Waals surface area (Å²) in [6, 6.07) is 10.9. The van der Waals surface area contributed by atoms with Gasteiger partial charge in [0.2, 0.25) is 0 Å². The summed E-state index contributed by atoms with van der Waals surface area (Å²) in [4.78, 5) is 11.2. The third-order valence-corrected chi connectivity index (χ3v) is 2.38. The molecule has 1 aromatic heterocycles. The number of nitrogens with zero attached hydrogens (tertiary/aromatic N) is 2. The quantitative estimate of drug-likeness (QED) is 0.738. The zero-order chi connectivity index (χ0) is 10.8. The molecule has 1 aromatic carbocycles. The Hall–Kier alpha value is -1.61. The molecule has 1 heterocycles. The van der Waals surface area contributed by atoms with E-state index in [1.165, 1.54) is 10.7 Å². The van der Waals surface area contributed by atoms with Crippen molar-refractivity contribution in [3.63, 3.8) is 0 Å². The van der Waals surface area contributed by atoms with Crippen molar-refractivity contribution in [3.8, 4) is 11.3 Å². The van der Waals surface area contributed by atoms with Gasteiger partial charge in [-0.3, -0.25) is 4.79 Å². The number of hydrogen-bond donors (Lipinski definition) is 0. The Morgan fingerprint density at radius 1 is 1.27 bits per heavy atom. The standard InChI is InChI=1S/C11H9ClN2O/c1-14-10(15)7-9(12)11(13-14)8-5-3-2-4-6-8/h2-7H,1H3. The zero-order valence-corrected chi connectivity index (χ0v) is 8.90. The van der Waals surface area contributed by atoms with Gasteiger partial charge in [0.05, 0.1) is 5.02 Å². The molecule has 0 fully saturated rings. The molecule has 2 rings (SSSR count). The summed E-state index contributed by atoms with van der Waals surface area (Å²) < 4.78 is 1.27. The highest BCUT2D eigenvalue weighted by atomic mass is 35.5. The first kappa shape index (κ1) is 9.93. The number of aromatic nitrogens is 2. The van der Waals surface area contributed by atoms with Gasteiger partial charge in [-0.05, 0) is 0 Å². The van der Waals surface area contributed by atoms with Crippen molar-refractivity contribution in [2.45, 2.75) is 0 Å². The number of aryl methyl sites for hydroxylation is 1. The highest BCUT2D eigenvalue weighted by Crippen LogP contribution is 2.22. The fourth-order valence-electron chi connectivity index (χ4n) is 1.31. The minimum absolute atomic E-state index is 0.209. The van der Waals surface area contributed by atoms with Crippen LogP contribution in [0, 0.1) is 0 Å². The average Bonchev–Trinajstić information content (AvgIpc) is 2.25. The summed E-state index contributed by atoms with van der Waals surface area (Å²) in [7, 11) is 1.60. The highest BCUT2D eigenvalue weighted by molar-refractivity contribution is 6.32. The Labute approximate surface area is 91.9 Å². The Morgan fingerprint density at radius 3 is 2.60 bits per heavy atom. The molecule has 0 aliphatic carbocycles.